The van der Waals surface area contributed by atoms with E-state index < -0.39 is 11.9 Å². The molecule has 0 aromatic carbocycles. The van der Waals surface area contributed by atoms with Crippen molar-refractivity contribution in [3.05, 3.63) is 12.2 Å². The molecule has 1 saturated heterocycles. The molecule has 6 heteroatoms. The van der Waals surface area contributed by atoms with Crippen LogP contribution in [0.2, 0.25) is 0 Å². The average molecular weight is 313 g/mol. The van der Waals surface area contributed by atoms with Gasteiger partial charge in [0, 0.05) is 31.3 Å². The second-order valence-electron chi connectivity index (χ2n) is 5.91. The number of rotatable bonds is 9. The number of hydrogen-bond acceptors (Lipinski definition) is 5. The predicted octanol–water partition coefficient (Wildman–Crippen LogP) is 1.70. The fourth-order valence-electron chi connectivity index (χ4n) is 2.62. The van der Waals surface area contributed by atoms with Crippen molar-refractivity contribution in [2.24, 2.45) is 5.92 Å². The topological polar surface area (TPSA) is 76.1 Å². The van der Waals surface area contributed by atoms with Crippen LogP contribution in [0.3, 0.4) is 0 Å². The summed E-state index contributed by atoms with van der Waals surface area (Å²) in [5.41, 5.74) is 0. The Morgan fingerprint density at radius 1 is 1.27 bits per heavy atom. The molecule has 1 aliphatic heterocycles. The van der Waals surface area contributed by atoms with Crippen molar-refractivity contribution in [1.29, 1.82) is 0 Å². The molecule has 22 heavy (non-hydrogen) atoms. The number of carbonyl (C=O) groups excluding carboxylic acids is 1. The summed E-state index contributed by atoms with van der Waals surface area (Å²) in [7, 11) is 0. The van der Waals surface area contributed by atoms with Gasteiger partial charge in [0.2, 0.25) is 0 Å². The van der Waals surface area contributed by atoms with Gasteiger partial charge in [0.1, 0.15) is 0 Å². The van der Waals surface area contributed by atoms with E-state index in [2.05, 4.69) is 18.7 Å². The molecule has 1 rings (SSSR count). The van der Waals surface area contributed by atoms with Gasteiger partial charge in [-0.25, -0.2) is 9.59 Å². The molecule has 0 radical (unpaired) electrons. The van der Waals surface area contributed by atoms with Crippen molar-refractivity contribution >= 4 is 11.9 Å². The predicted molar refractivity (Wildman–Crippen MR) is 82.6 cm³/mol. The van der Waals surface area contributed by atoms with Crippen LogP contribution in [0.1, 0.15) is 33.1 Å². The first kappa shape index (κ1) is 18.6. The van der Waals surface area contributed by atoms with Gasteiger partial charge in [-0.3, -0.25) is 4.90 Å². The third-order valence-electron chi connectivity index (χ3n) is 3.59. The molecule has 0 bridgehead atoms. The number of hydrogen-bond donors (Lipinski definition) is 1. The van der Waals surface area contributed by atoms with E-state index >= 15 is 0 Å². The molecule has 1 heterocycles. The van der Waals surface area contributed by atoms with Gasteiger partial charge in [0.05, 0.1) is 19.8 Å². The molecule has 1 unspecified atom stereocenters. The van der Waals surface area contributed by atoms with E-state index in [1.165, 1.54) is 0 Å². The summed E-state index contributed by atoms with van der Waals surface area (Å²) in [6.45, 7) is 8.22. The number of carboxylic acid groups (broad SMARTS) is 1. The van der Waals surface area contributed by atoms with Crippen LogP contribution in [0.25, 0.3) is 0 Å². The Morgan fingerprint density at radius 3 is 2.55 bits per heavy atom. The number of esters is 1. The molecule has 0 spiro atoms. The molecule has 126 valence electrons. The maximum absolute atomic E-state index is 11.3. The van der Waals surface area contributed by atoms with Crippen LogP contribution in [0.15, 0.2) is 12.2 Å². The summed E-state index contributed by atoms with van der Waals surface area (Å²) in [6, 6.07) is 0.483. The highest BCUT2D eigenvalue weighted by Crippen LogP contribution is 2.18. The van der Waals surface area contributed by atoms with Gasteiger partial charge in [-0.05, 0) is 25.2 Å². The quantitative estimate of drug-likeness (QED) is 0.397. The van der Waals surface area contributed by atoms with E-state index in [-0.39, 0.29) is 0 Å². The van der Waals surface area contributed by atoms with Crippen LogP contribution in [0.4, 0.5) is 0 Å². The zero-order chi connectivity index (χ0) is 16.4. The lowest BCUT2D eigenvalue weighted by molar-refractivity contribution is -0.139. The van der Waals surface area contributed by atoms with Crippen LogP contribution in [0, 0.1) is 5.92 Å². The zero-order valence-electron chi connectivity index (χ0n) is 13.5. The molecular formula is C16H27NO5. The summed E-state index contributed by atoms with van der Waals surface area (Å²) in [4.78, 5) is 24.0. The number of nitrogens with zero attached hydrogens (tertiary/aromatic N) is 1. The van der Waals surface area contributed by atoms with Gasteiger partial charge in [-0.15, -0.1) is 0 Å². The van der Waals surface area contributed by atoms with E-state index in [0.29, 0.717) is 18.6 Å². The van der Waals surface area contributed by atoms with Crippen LogP contribution >= 0.6 is 0 Å². The van der Waals surface area contributed by atoms with Crippen LogP contribution < -0.4 is 0 Å². The molecule has 0 amide bonds. The molecule has 1 N–H and O–H groups in total. The molecule has 0 aromatic rings. The minimum absolute atomic E-state index is 0.321. The van der Waals surface area contributed by atoms with Crippen molar-refractivity contribution in [2.75, 3.05) is 32.9 Å². The lowest BCUT2D eigenvalue weighted by Gasteiger charge is -2.35. The SMILES string of the molecule is CC(C)CC(CCCOC(=O)/C=C/C(=O)O)N1CCOCC1. The second kappa shape index (κ2) is 10.3. The Balaban J connectivity index is 2.30. The van der Waals surface area contributed by atoms with Crippen molar-refractivity contribution in [2.45, 2.75) is 39.2 Å². The van der Waals surface area contributed by atoms with E-state index in [4.69, 9.17) is 14.6 Å². The third-order valence-corrected chi connectivity index (χ3v) is 3.59. The average Bonchev–Trinajstić information content (AvgIpc) is 2.48. The van der Waals surface area contributed by atoms with Crippen molar-refractivity contribution in [1.82, 2.24) is 4.90 Å². The molecule has 6 nitrogen and oxygen atoms in total. The lowest BCUT2D eigenvalue weighted by atomic mass is 9.98. The number of carbonyl (C=O) groups is 2. The van der Waals surface area contributed by atoms with Crippen molar-refractivity contribution in [3.63, 3.8) is 0 Å². The fraction of sp³-hybridized carbons (Fsp3) is 0.750. The molecule has 0 aliphatic carbocycles. The van der Waals surface area contributed by atoms with Crippen LogP contribution in [0.5, 0.6) is 0 Å². The summed E-state index contributed by atoms with van der Waals surface area (Å²) in [6.07, 6.45) is 4.59. The molecule has 1 atom stereocenters. The largest absolute Gasteiger partial charge is 0.478 e. The highest BCUT2D eigenvalue weighted by Gasteiger charge is 2.21. The van der Waals surface area contributed by atoms with E-state index in [1.54, 1.807) is 0 Å². The van der Waals surface area contributed by atoms with Gasteiger partial charge < -0.3 is 14.6 Å². The van der Waals surface area contributed by atoms with Crippen molar-refractivity contribution in [3.8, 4) is 0 Å². The maximum atomic E-state index is 11.3. The fourth-order valence-corrected chi connectivity index (χ4v) is 2.62. The number of aliphatic carboxylic acids is 1. The monoisotopic (exact) mass is 313 g/mol. The molecular weight excluding hydrogens is 286 g/mol. The standard InChI is InChI=1S/C16H27NO5/c1-13(2)12-14(17-7-10-21-11-8-17)4-3-9-22-16(20)6-5-15(18)19/h5-6,13-14H,3-4,7-12H2,1-2H3,(H,18,19)/b6-5+. The summed E-state index contributed by atoms with van der Waals surface area (Å²) >= 11 is 0. The first-order chi connectivity index (χ1) is 10.5. The lowest BCUT2D eigenvalue weighted by Crippen LogP contribution is -2.44. The van der Waals surface area contributed by atoms with Crippen LogP contribution in [-0.2, 0) is 19.1 Å². The van der Waals surface area contributed by atoms with Crippen molar-refractivity contribution < 1.29 is 24.2 Å². The Kier molecular flexibility index (Phi) is 8.77. The molecule has 0 saturated carbocycles. The summed E-state index contributed by atoms with van der Waals surface area (Å²) in [5, 5.41) is 8.42. The minimum atomic E-state index is -1.15. The molecule has 1 fully saturated rings. The van der Waals surface area contributed by atoms with Gasteiger partial charge in [0.15, 0.2) is 0 Å². The Morgan fingerprint density at radius 2 is 1.95 bits per heavy atom. The summed E-state index contributed by atoms with van der Waals surface area (Å²) < 4.78 is 10.4. The Labute approximate surface area is 132 Å². The number of morpholine rings is 1. The van der Waals surface area contributed by atoms with E-state index in [9.17, 15) is 9.59 Å². The minimum Gasteiger partial charge on any atom is -0.478 e. The summed E-state index contributed by atoms with van der Waals surface area (Å²) in [5.74, 6) is -1.13. The van der Waals surface area contributed by atoms with E-state index in [1.807, 2.05) is 0 Å². The van der Waals surface area contributed by atoms with Gasteiger partial charge in [-0.1, -0.05) is 13.8 Å². The highest BCUT2D eigenvalue weighted by atomic mass is 16.5. The highest BCUT2D eigenvalue weighted by molar-refractivity contribution is 5.90. The molecule has 1 aliphatic rings. The normalized spacial score (nSPS) is 17.8. The number of carboxylic acids is 1. The smallest absolute Gasteiger partial charge is 0.331 e. The van der Waals surface area contributed by atoms with Gasteiger partial charge >= 0.3 is 11.9 Å². The maximum Gasteiger partial charge on any atom is 0.331 e. The first-order valence-electron chi connectivity index (χ1n) is 7.88. The van der Waals surface area contributed by atoms with Gasteiger partial charge in [-0.2, -0.15) is 0 Å². The Bertz CT molecular complexity index is 375. The van der Waals surface area contributed by atoms with E-state index in [0.717, 1.165) is 57.7 Å². The van der Waals surface area contributed by atoms with Crippen LogP contribution in [-0.4, -0.2) is 60.9 Å². The number of ether oxygens (including phenoxy) is 2. The molecule has 0 aromatic heterocycles. The first-order valence-corrected chi connectivity index (χ1v) is 7.88. The third kappa shape index (κ3) is 8.14. The van der Waals surface area contributed by atoms with Gasteiger partial charge in [0.25, 0.3) is 0 Å². The Hall–Kier alpha value is -1.40. The second-order valence-corrected chi connectivity index (χ2v) is 5.91. The zero-order valence-corrected chi connectivity index (χ0v) is 13.5.